The van der Waals surface area contributed by atoms with E-state index >= 15 is 0 Å². The fraction of sp³-hybridized carbons (Fsp3) is 0.0455. The molecule has 0 spiro atoms. The summed E-state index contributed by atoms with van der Waals surface area (Å²) in [6, 6.07) is 37.6. The van der Waals surface area contributed by atoms with Crippen LogP contribution in [0.3, 0.4) is 0 Å². The lowest BCUT2D eigenvalue weighted by atomic mass is 9.88. The van der Waals surface area contributed by atoms with E-state index in [0.717, 1.165) is 66.5 Å². The van der Waals surface area contributed by atoms with Gasteiger partial charge in [0.2, 0.25) is 0 Å². The molecular formula is C44H36N4. The molecule has 0 heterocycles. The van der Waals surface area contributed by atoms with E-state index in [2.05, 4.69) is 91.9 Å². The van der Waals surface area contributed by atoms with Crippen LogP contribution < -0.4 is 9.80 Å². The summed E-state index contributed by atoms with van der Waals surface area (Å²) in [5.41, 5.74) is 6.20. The van der Waals surface area contributed by atoms with Crippen molar-refractivity contribution in [3.05, 3.63) is 182 Å². The van der Waals surface area contributed by atoms with Gasteiger partial charge in [-0.15, -0.1) is 13.2 Å². The number of para-hydroxylation sites is 2. The molecule has 0 amide bonds. The van der Waals surface area contributed by atoms with Crippen LogP contribution in [0.4, 0.5) is 22.7 Å². The van der Waals surface area contributed by atoms with Crippen molar-refractivity contribution in [2.24, 2.45) is 0 Å². The van der Waals surface area contributed by atoms with Gasteiger partial charge in [-0.2, -0.15) is 10.5 Å². The molecule has 0 unspecified atom stereocenters. The Kier molecular flexibility index (Phi) is 10.00. The van der Waals surface area contributed by atoms with Crippen LogP contribution in [0.25, 0.3) is 32.3 Å². The Morgan fingerprint density at radius 3 is 1.56 bits per heavy atom. The first-order valence-electron chi connectivity index (χ1n) is 15.6. The summed E-state index contributed by atoms with van der Waals surface area (Å²) in [5, 5.41) is 27.0. The largest absolute Gasteiger partial charge is 0.309 e. The van der Waals surface area contributed by atoms with Crippen LogP contribution in [-0.4, -0.2) is 0 Å². The van der Waals surface area contributed by atoms with Crippen molar-refractivity contribution in [3.8, 4) is 12.1 Å². The minimum Gasteiger partial charge on any atom is -0.309 e. The van der Waals surface area contributed by atoms with Crippen LogP contribution in [0.15, 0.2) is 171 Å². The molecule has 0 bridgehead atoms. The zero-order valence-corrected chi connectivity index (χ0v) is 27.3. The predicted octanol–water partition coefficient (Wildman–Crippen LogP) is 12.1. The molecule has 0 atom stereocenters. The topological polar surface area (TPSA) is 54.1 Å². The average molecular weight is 621 g/mol. The number of hydrogen-bond donors (Lipinski definition) is 0. The van der Waals surface area contributed by atoms with Crippen LogP contribution in [0.5, 0.6) is 0 Å². The third kappa shape index (κ3) is 5.64. The quantitative estimate of drug-likeness (QED) is 0.0917. The number of nitriles is 2. The van der Waals surface area contributed by atoms with Gasteiger partial charge in [-0.05, 0) is 90.0 Å². The van der Waals surface area contributed by atoms with Gasteiger partial charge in [-0.25, -0.2) is 0 Å². The number of allylic oxidation sites excluding steroid dienone is 6. The van der Waals surface area contributed by atoms with Crippen LogP contribution >= 0.6 is 0 Å². The van der Waals surface area contributed by atoms with Crippen molar-refractivity contribution < 1.29 is 0 Å². The molecule has 0 aliphatic carbocycles. The molecule has 4 nitrogen and oxygen atoms in total. The number of benzene rings is 6. The molecule has 6 aromatic carbocycles. The number of nitrogens with zero attached hydrogens (tertiary/aromatic N) is 4. The fourth-order valence-electron chi connectivity index (χ4n) is 6.28. The Hall–Kier alpha value is -6.62. The maximum absolute atomic E-state index is 10.7. The molecule has 232 valence electrons. The van der Waals surface area contributed by atoms with Crippen LogP contribution in [0.2, 0.25) is 0 Å². The third-order valence-corrected chi connectivity index (χ3v) is 8.28. The molecule has 0 aromatic heterocycles. The number of anilines is 4. The third-order valence-electron chi connectivity index (χ3n) is 8.28. The first-order chi connectivity index (χ1) is 23.6. The maximum Gasteiger partial charge on any atom is 0.102 e. The highest BCUT2D eigenvalue weighted by Crippen LogP contribution is 2.46. The van der Waals surface area contributed by atoms with Gasteiger partial charge in [-0.3, -0.25) is 0 Å². The Balaban J connectivity index is 0.00000221. The molecule has 0 saturated heterocycles. The summed E-state index contributed by atoms with van der Waals surface area (Å²) in [5.74, 6) is 0. The summed E-state index contributed by atoms with van der Waals surface area (Å²) >= 11 is 0. The van der Waals surface area contributed by atoms with Gasteiger partial charge in [0.1, 0.15) is 12.1 Å². The molecule has 0 fully saturated rings. The van der Waals surface area contributed by atoms with Crippen molar-refractivity contribution in [1.82, 2.24) is 0 Å². The van der Waals surface area contributed by atoms with Gasteiger partial charge in [0.05, 0.1) is 22.5 Å². The highest BCUT2D eigenvalue weighted by Gasteiger charge is 2.24. The van der Waals surface area contributed by atoms with Crippen molar-refractivity contribution in [2.45, 2.75) is 13.8 Å². The molecule has 6 rings (SSSR count). The smallest absolute Gasteiger partial charge is 0.102 e. The van der Waals surface area contributed by atoms with E-state index in [9.17, 15) is 10.5 Å². The van der Waals surface area contributed by atoms with E-state index in [1.807, 2.05) is 91.6 Å². The SMILES string of the molecule is C=C.C=C/C(=C\C)N(/C(C=C)=C/C=C\C)c1cc2ccc3c(C#N)c(N(c4ccccc4)c4ccccc4)cc4ccc(c1C#N)c2c43. The van der Waals surface area contributed by atoms with Crippen molar-refractivity contribution in [2.75, 3.05) is 9.80 Å². The minimum absolute atomic E-state index is 0.536. The van der Waals surface area contributed by atoms with E-state index in [0.29, 0.717) is 11.1 Å². The van der Waals surface area contributed by atoms with Crippen molar-refractivity contribution in [3.63, 3.8) is 0 Å². The fourth-order valence-corrected chi connectivity index (χ4v) is 6.28. The molecule has 0 saturated carbocycles. The summed E-state index contributed by atoms with van der Waals surface area (Å²) < 4.78 is 0. The molecule has 48 heavy (non-hydrogen) atoms. The Morgan fingerprint density at radius 2 is 1.12 bits per heavy atom. The van der Waals surface area contributed by atoms with Crippen LogP contribution in [-0.2, 0) is 0 Å². The van der Waals surface area contributed by atoms with Crippen molar-refractivity contribution >= 4 is 55.1 Å². The number of rotatable bonds is 9. The minimum atomic E-state index is 0.536. The standard InChI is InChI=1S/C42H32N4.C2H4/c1-5-9-16-32(8-4)45(31(6-2)7-3)39-25-29-21-24-36-38(28-44)40(26-30-22-23-35(37(39)27-43)41(29)42(30)36)46(33-17-12-10-13-18-33)34-19-14-11-15-20-34;1-2/h5-26H,2,4H2,1,3H3;1-2H2/b9-5-,31-7+,32-16+;. The Labute approximate surface area is 283 Å². The monoisotopic (exact) mass is 620 g/mol. The molecule has 4 heteroatoms. The second-order valence-electron chi connectivity index (χ2n) is 10.8. The first-order valence-corrected chi connectivity index (χ1v) is 15.6. The predicted molar refractivity (Wildman–Crippen MR) is 205 cm³/mol. The van der Waals surface area contributed by atoms with Crippen molar-refractivity contribution in [1.29, 1.82) is 10.5 Å². The van der Waals surface area contributed by atoms with Gasteiger partial charge < -0.3 is 9.80 Å². The number of hydrogen-bond acceptors (Lipinski definition) is 4. The van der Waals surface area contributed by atoms with E-state index in [-0.39, 0.29) is 0 Å². The second kappa shape index (κ2) is 14.6. The molecule has 0 aliphatic rings. The lowest BCUT2D eigenvalue weighted by molar-refractivity contribution is 1.14. The van der Waals surface area contributed by atoms with E-state index in [1.165, 1.54) is 0 Å². The van der Waals surface area contributed by atoms with Gasteiger partial charge in [-0.1, -0.05) is 92.0 Å². The Morgan fingerprint density at radius 1 is 0.646 bits per heavy atom. The summed E-state index contributed by atoms with van der Waals surface area (Å²) in [7, 11) is 0. The zero-order valence-electron chi connectivity index (χ0n) is 27.3. The normalized spacial score (nSPS) is 11.6. The molecule has 0 radical (unpaired) electrons. The van der Waals surface area contributed by atoms with Crippen LogP contribution in [0, 0.1) is 22.7 Å². The summed E-state index contributed by atoms with van der Waals surface area (Å²) in [6.45, 7) is 18.0. The lowest BCUT2D eigenvalue weighted by Crippen LogP contribution is -2.21. The van der Waals surface area contributed by atoms with E-state index in [1.54, 1.807) is 12.2 Å². The second-order valence-corrected chi connectivity index (χ2v) is 10.8. The van der Waals surface area contributed by atoms with Gasteiger partial charge in [0, 0.05) is 33.5 Å². The van der Waals surface area contributed by atoms with Gasteiger partial charge >= 0.3 is 0 Å². The maximum atomic E-state index is 10.7. The van der Waals surface area contributed by atoms with Gasteiger partial charge in [0.25, 0.3) is 0 Å². The van der Waals surface area contributed by atoms with E-state index < -0.39 is 0 Å². The summed E-state index contributed by atoms with van der Waals surface area (Å²) in [6.07, 6.45) is 11.4. The highest BCUT2D eigenvalue weighted by atomic mass is 15.2. The lowest BCUT2D eigenvalue weighted by Gasteiger charge is -2.29. The van der Waals surface area contributed by atoms with Gasteiger partial charge in [0.15, 0.2) is 0 Å². The Bertz CT molecular complexity index is 2260. The molecular weight excluding hydrogens is 585 g/mol. The zero-order chi connectivity index (χ0) is 34.2. The first kappa shape index (κ1) is 32.8. The molecule has 0 N–H and O–H groups in total. The van der Waals surface area contributed by atoms with E-state index in [4.69, 9.17) is 0 Å². The highest BCUT2D eigenvalue weighted by molar-refractivity contribution is 6.27. The average Bonchev–Trinajstić information content (AvgIpc) is 3.15. The molecule has 0 aliphatic heterocycles. The molecule has 6 aromatic rings. The summed E-state index contributed by atoms with van der Waals surface area (Å²) in [4.78, 5) is 4.15. The van der Waals surface area contributed by atoms with Crippen LogP contribution in [0.1, 0.15) is 25.0 Å².